The second-order valence-electron chi connectivity index (χ2n) is 4.44. The van der Waals surface area contributed by atoms with Gasteiger partial charge >= 0.3 is 0 Å². The van der Waals surface area contributed by atoms with Crippen LogP contribution in [0.15, 0.2) is 12.1 Å². The van der Waals surface area contributed by atoms with Gasteiger partial charge in [-0.3, -0.25) is 0 Å². The fourth-order valence-electron chi connectivity index (χ4n) is 2.00. The third-order valence-electron chi connectivity index (χ3n) is 3.20. The number of fused-ring (bicyclic) bond motifs is 1. The molecule has 0 saturated heterocycles. The highest BCUT2D eigenvalue weighted by Gasteiger charge is 2.13. The van der Waals surface area contributed by atoms with Crippen molar-refractivity contribution in [2.45, 2.75) is 27.2 Å². The van der Waals surface area contributed by atoms with E-state index >= 15 is 0 Å². The van der Waals surface area contributed by atoms with Gasteiger partial charge < -0.3 is 4.98 Å². The molecule has 0 aliphatic rings. The van der Waals surface area contributed by atoms with E-state index in [1.54, 1.807) is 0 Å². The minimum Gasteiger partial charge on any atom is -0.337 e. The van der Waals surface area contributed by atoms with Crippen LogP contribution in [0, 0.1) is 13.8 Å². The molecule has 0 unspecified atom stereocenters. The third kappa shape index (κ3) is 1.71. The van der Waals surface area contributed by atoms with Crippen molar-refractivity contribution in [3.05, 3.63) is 29.0 Å². The van der Waals surface area contributed by atoms with Gasteiger partial charge in [0.1, 0.15) is 4.88 Å². The molecule has 3 rings (SSSR count). The van der Waals surface area contributed by atoms with Crippen LogP contribution in [-0.4, -0.2) is 19.6 Å². The minimum absolute atomic E-state index is 0.876. The molecule has 18 heavy (non-hydrogen) atoms. The Kier molecular flexibility index (Phi) is 2.63. The Labute approximate surface area is 109 Å². The Morgan fingerprint density at radius 1 is 1.22 bits per heavy atom. The van der Waals surface area contributed by atoms with Crippen molar-refractivity contribution < 1.29 is 0 Å². The van der Waals surface area contributed by atoms with Crippen LogP contribution in [0.3, 0.4) is 0 Å². The molecule has 0 bridgehead atoms. The molecule has 1 aromatic carbocycles. The number of hydrogen-bond donors (Lipinski definition) is 1. The fraction of sp³-hybridized carbons (Fsp3) is 0.308. The maximum Gasteiger partial charge on any atom is 0.152 e. The van der Waals surface area contributed by atoms with Crippen LogP contribution in [-0.2, 0) is 6.42 Å². The van der Waals surface area contributed by atoms with Gasteiger partial charge in [-0.05, 0) is 55.1 Å². The molecule has 0 radical (unpaired) electrons. The maximum atomic E-state index is 4.64. The lowest BCUT2D eigenvalue weighted by Gasteiger charge is -1.97. The smallest absolute Gasteiger partial charge is 0.152 e. The van der Waals surface area contributed by atoms with Crippen molar-refractivity contribution in [3.8, 4) is 10.7 Å². The van der Waals surface area contributed by atoms with Gasteiger partial charge in [0.05, 0.1) is 16.7 Å². The largest absolute Gasteiger partial charge is 0.337 e. The molecule has 0 aliphatic carbocycles. The Morgan fingerprint density at radius 3 is 2.78 bits per heavy atom. The van der Waals surface area contributed by atoms with E-state index in [1.807, 2.05) is 0 Å². The maximum absolute atomic E-state index is 4.64. The number of rotatable bonds is 2. The summed E-state index contributed by atoms with van der Waals surface area (Å²) < 4.78 is 4.01. The number of aromatic nitrogens is 4. The highest BCUT2D eigenvalue weighted by atomic mass is 32.1. The Bertz CT molecular complexity index is 672. The third-order valence-corrected chi connectivity index (χ3v) is 3.98. The summed E-state index contributed by atoms with van der Waals surface area (Å²) in [7, 11) is 0. The second-order valence-corrected chi connectivity index (χ2v) is 5.20. The number of H-pyrrole nitrogens is 1. The van der Waals surface area contributed by atoms with Crippen LogP contribution in [0.4, 0.5) is 0 Å². The molecule has 0 spiro atoms. The van der Waals surface area contributed by atoms with Crippen LogP contribution in [0.5, 0.6) is 0 Å². The fourth-order valence-corrected chi connectivity index (χ4v) is 2.69. The van der Waals surface area contributed by atoms with Crippen LogP contribution < -0.4 is 0 Å². The molecule has 0 fully saturated rings. The highest BCUT2D eigenvalue weighted by molar-refractivity contribution is 7.09. The predicted molar refractivity (Wildman–Crippen MR) is 73.8 cm³/mol. The zero-order chi connectivity index (χ0) is 12.7. The van der Waals surface area contributed by atoms with Crippen molar-refractivity contribution in [2.75, 3.05) is 0 Å². The van der Waals surface area contributed by atoms with Crippen molar-refractivity contribution >= 4 is 22.6 Å². The van der Waals surface area contributed by atoms with E-state index in [0.29, 0.717) is 0 Å². The zero-order valence-electron chi connectivity index (χ0n) is 10.6. The van der Waals surface area contributed by atoms with Crippen LogP contribution >= 0.6 is 11.5 Å². The van der Waals surface area contributed by atoms with Gasteiger partial charge in [-0.15, -0.1) is 5.10 Å². The normalized spacial score (nSPS) is 11.3. The van der Waals surface area contributed by atoms with E-state index in [0.717, 1.165) is 33.8 Å². The second kappa shape index (κ2) is 4.17. The summed E-state index contributed by atoms with van der Waals surface area (Å²) in [6.07, 6.45) is 0.876. The van der Waals surface area contributed by atoms with E-state index in [9.17, 15) is 0 Å². The average Bonchev–Trinajstić information content (AvgIpc) is 2.95. The van der Waals surface area contributed by atoms with Crippen LogP contribution in [0.25, 0.3) is 21.7 Å². The summed E-state index contributed by atoms with van der Waals surface area (Å²) in [5.41, 5.74) is 5.62. The van der Waals surface area contributed by atoms with Gasteiger partial charge in [-0.25, -0.2) is 4.98 Å². The highest BCUT2D eigenvalue weighted by Crippen LogP contribution is 2.27. The van der Waals surface area contributed by atoms with Crippen LogP contribution in [0.1, 0.15) is 23.7 Å². The SMILES string of the molecule is CCc1nnsc1-c1nc2cc(C)c(C)cc2[nH]1. The summed E-state index contributed by atoms with van der Waals surface area (Å²) >= 11 is 1.40. The summed E-state index contributed by atoms with van der Waals surface area (Å²) in [6.45, 7) is 6.30. The predicted octanol–water partition coefficient (Wildman–Crippen LogP) is 3.26. The summed E-state index contributed by atoms with van der Waals surface area (Å²) in [4.78, 5) is 9.05. The monoisotopic (exact) mass is 258 g/mol. The number of imidazole rings is 1. The Balaban J connectivity index is 2.19. The van der Waals surface area contributed by atoms with Gasteiger partial charge in [0, 0.05) is 0 Å². The minimum atomic E-state index is 0.876. The van der Waals surface area contributed by atoms with E-state index < -0.39 is 0 Å². The molecule has 92 valence electrons. The lowest BCUT2D eigenvalue weighted by molar-refractivity contribution is 0.990. The van der Waals surface area contributed by atoms with Crippen molar-refractivity contribution in [1.29, 1.82) is 0 Å². The number of hydrogen-bond acceptors (Lipinski definition) is 4. The number of nitrogens with one attached hydrogen (secondary N) is 1. The zero-order valence-corrected chi connectivity index (χ0v) is 11.4. The molecule has 5 heteroatoms. The van der Waals surface area contributed by atoms with Gasteiger partial charge in [0.25, 0.3) is 0 Å². The Morgan fingerprint density at radius 2 is 2.00 bits per heavy atom. The molecular weight excluding hydrogens is 244 g/mol. The van der Waals surface area contributed by atoms with E-state index in [2.05, 4.69) is 52.5 Å². The molecule has 2 aromatic heterocycles. The van der Waals surface area contributed by atoms with E-state index in [4.69, 9.17) is 0 Å². The number of benzene rings is 1. The first-order valence-corrected chi connectivity index (χ1v) is 6.75. The number of aryl methyl sites for hydroxylation is 3. The van der Waals surface area contributed by atoms with Gasteiger partial charge in [0.2, 0.25) is 0 Å². The average molecular weight is 258 g/mol. The van der Waals surface area contributed by atoms with Gasteiger partial charge in [-0.1, -0.05) is 11.4 Å². The van der Waals surface area contributed by atoms with Crippen molar-refractivity contribution in [3.63, 3.8) is 0 Å². The van der Waals surface area contributed by atoms with Crippen molar-refractivity contribution in [2.24, 2.45) is 0 Å². The first kappa shape index (κ1) is 11.3. The number of aromatic amines is 1. The molecule has 0 aliphatic heterocycles. The van der Waals surface area contributed by atoms with Crippen LogP contribution in [0.2, 0.25) is 0 Å². The first-order valence-electron chi connectivity index (χ1n) is 5.97. The quantitative estimate of drug-likeness (QED) is 0.767. The molecule has 1 N–H and O–H groups in total. The van der Waals surface area contributed by atoms with E-state index in [1.165, 1.54) is 22.7 Å². The number of nitrogens with zero attached hydrogens (tertiary/aromatic N) is 3. The van der Waals surface area contributed by atoms with Gasteiger partial charge in [-0.2, -0.15) is 0 Å². The topological polar surface area (TPSA) is 54.5 Å². The molecular formula is C13H14N4S. The summed E-state index contributed by atoms with van der Waals surface area (Å²) in [5, 5.41) is 4.12. The van der Waals surface area contributed by atoms with Gasteiger partial charge in [0.15, 0.2) is 5.82 Å². The Hall–Kier alpha value is -1.75. The lowest BCUT2D eigenvalue weighted by atomic mass is 10.1. The molecule has 0 atom stereocenters. The van der Waals surface area contributed by atoms with Crippen molar-refractivity contribution in [1.82, 2.24) is 19.6 Å². The lowest BCUT2D eigenvalue weighted by Crippen LogP contribution is -1.85. The first-order chi connectivity index (χ1) is 8.69. The molecule has 3 aromatic rings. The summed E-state index contributed by atoms with van der Waals surface area (Å²) in [5.74, 6) is 0.877. The molecule has 0 saturated carbocycles. The molecule has 2 heterocycles. The molecule has 0 amide bonds. The summed E-state index contributed by atoms with van der Waals surface area (Å²) in [6, 6.07) is 4.26. The van der Waals surface area contributed by atoms with E-state index in [-0.39, 0.29) is 0 Å². The standard InChI is InChI=1S/C13H14N4S/c1-4-9-12(18-17-16-9)13-14-10-5-7(2)8(3)6-11(10)15-13/h5-6H,4H2,1-3H3,(H,14,15). The molecule has 4 nitrogen and oxygen atoms in total.